The van der Waals surface area contributed by atoms with Gasteiger partial charge in [-0.15, -0.1) is 0 Å². The molecule has 0 aliphatic carbocycles. The second kappa shape index (κ2) is 5.85. The van der Waals surface area contributed by atoms with Crippen molar-refractivity contribution in [1.82, 2.24) is 5.32 Å². The van der Waals surface area contributed by atoms with Crippen LogP contribution >= 0.6 is 0 Å². The molecule has 0 bridgehead atoms. The number of aliphatic hydroxyl groups excluding tert-OH is 1. The van der Waals surface area contributed by atoms with E-state index in [1.54, 1.807) is 6.26 Å². The van der Waals surface area contributed by atoms with Crippen LogP contribution < -0.4 is 5.32 Å². The fourth-order valence-corrected chi connectivity index (χ4v) is 2.13. The average molecular weight is 245 g/mol. The van der Waals surface area contributed by atoms with E-state index in [0.29, 0.717) is 6.42 Å². The summed E-state index contributed by atoms with van der Waals surface area (Å²) in [6, 6.07) is 8.12. The van der Waals surface area contributed by atoms with Gasteiger partial charge in [0.2, 0.25) is 0 Å². The number of hydrogen-bond acceptors (Lipinski definition) is 3. The third-order valence-electron chi connectivity index (χ3n) is 3.12. The number of nitrogens with one attached hydrogen (secondary N) is 1. The van der Waals surface area contributed by atoms with Crippen LogP contribution in [0.1, 0.15) is 18.9 Å². The predicted octanol–water partition coefficient (Wildman–Crippen LogP) is 2.81. The highest BCUT2D eigenvalue weighted by Crippen LogP contribution is 2.24. The molecule has 3 heteroatoms. The van der Waals surface area contributed by atoms with Gasteiger partial charge in [0.25, 0.3) is 0 Å². The lowest BCUT2D eigenvalue weighted by molar-refractivity contribution is 0.277. The van der Waals surface area contributed by atoms with Crippen LogP contribution in [0, 0.1) is 0 Å². The number of fused-ring (bicyclic) bond motifs is 1. The topological polar surface area (TPSA) is 45.4 Å². The molecule has 1 unspecified atom stereocenters. The summed E-state index contributed by atoms with van der Waals surface area (Å²) in [6.45, 7) is 7.19. The monoisotopic (exact) mass is 245 g/mol. The summed E-state index contributed by atoms with van der Waals surface area (Å²) in [5.74, 6) is 0. The van der Waals surface area contributed by atoms with Gasteiger partial charge < -0.3 is 14.8 Å². The van der Waals surface area contributed by atoms with Crippen LogP contribution in [0.4, 0.5) is 0 Å². The van der Waals surface area contributed by atoms with E-state index >= 15 is 0 Å². The molecule has 0 saturated heterocycles. The van der Waals surface area contributed by atoms with Crippen molar-refractivity contribution < 1.29 is 9.52 Å². The van der Waals surface area contributed by atoms with Gasteiger partial charge >= 0.3 is 0 Å². The Morgan fingerprint density at radius 2 is 2.28 bits per heavy atom. The zero-order valence-electron chi connectivity index (χ0n) is 10.6. The number of benzene rings is 1. The number of hydrogen-bond donors (Lipinski definition) is 2. The smallest absolute Gasteiger partial charge is 0.134 e. The van der Waals surface area contributed by atoms with Crippen LogP contribution in [0.25, 0.3) is 16.5 Å². The quantitative estimate of drug-likeness (QED) is 0.822. The molecule has 2 rings (SSSR count). The van der Waals surface area contributed by atoms with E-state index < -0.39 is 0 Å². The molecule has 1 heterocycles. The number of aliphatic hydroxyl groups is 1. The van der Waals surface area contributed by atoms with Gasteiger partial charge in [0.05, 0.1) is 6.26 Å². The van der Waals surface area contributed by atoms with Crippen LogP contribution in [0.2, 0.25) is 0 Å². The summed E-state index contributed by atoms with van der Waals surface area (Å²) < 4.78 is 5.40. The third-order valence-corrected chi connectivity index (χ3v) is 3.12. The largest absolute Gasteiger partial charge is 0.464 e. The summed E-state index contributed by atoms with van der Waals surface area (Å²) >= 11 is 0. The Labute approximate surface area is 107 Å². The molecule has 2 aromatic rings. The fraction of sp³-hybridized carbons (Fsp3) is 0.333. The molecule has 1 aromatic carbocycles. The van der Waals surface area contributed by atoms with Gasteiger partial charge in [0.1, 0.15) is 5.58 Å². The highest BCUT2D eigenvalue weighted by Gasteiger charge is 2.13. The van der Waals surface area contributed by atoms with Gasteiger partial charge in [-0.1, -0.05) is 25.6 Å². The van der Waals surface area contributed by atoms with E-state index in [-0.39, 0.29) is 12.6 Å². The summed E-state index contributed by atoms with van der Waals surface area (Å²) in [4.78, 5) is 0. The van der Waals surface area contributed by atoms with E-state index in [1.807, 2.05) is 31.2 Å². The molecule has 0 fully saturated rings. The molecule has 1 atom stereocenters. The summed E-state index contributed by atoms with van der Waals surface area (Å²) in [5, 5.41) is 13.5. The SMILES string of the molecule is C=C(c1ccc2ccoc2c1)C(CCO)NCC. The molecule has 2 N–H and O–H groups in total. The van der Waals surface area contributed by atoms with Crippen LogP contribution in [-0.2, 0) is 0 Å². The maximum absolute atomic E-state index is 9.10. The minimum absolute atomic E-state index is 0.104. The first-order chi connectivity index (χ1) is 8.76. The number of furan rings is 1. The van der Waals surface area contributed by atoms with Crippen molar-refractivity contribution in [2.75, 3.05) is 13.2 Å². The van der Waals surface area contributed by atoms with E-state index in [1.165, 1.54) is 0 Å². The lowest BCUT2D eigenvalue weighted by Crippen LogP contribution is -2.30. The van der Waals surface area contributed by atoms with Gasteiger partial charge in [-0.05, 0) is 36.2 Å². The van der Waals surface area contributed by atoms with Crippen molar-refractivity contribution in [2.24, 2.45) is 0 Å². The van der Waals surface area contributed by atoms with Crippen molar-refractivity contribution in [3.63, 3.8) is 0 Å². The molecular formula is C15H19NO2. The average Bonchev–Trinajstić information content (AvgIpc) is 2.84. The second-order valence-electron chi connectivity index (χ2n) is 4.32. The molecule has 0 saturated carbocycles. The predicted molar refractivity (Wildman–Crippen MR) is 74.4 cm³/mol. The maximum Gasteiger partial charge on any atom is 0.134 e. The number of rotatable bonds is 6. The van der Waals surface area contributed by atoms with Crippen molar-refractivity contribution in [1.29, 1.82) is 0 Å². The Morgan fingerprint density at radius 3 is 3.00 bits per heavy atom. The van der Waals surface area contributed by atoms with Gasteiger partial charge in [0.15, 0.2) is 0 Å². The van der Waals surface area contributed by atoms with E-state index in [0.717, 1.165) is 28.7 Å². The normalized spacial score (nSPS) is 12.8. The number of likely N-dealkylation sites (N-methyl/N-ethyl adjacent to an activating group) is 1. The molecular weight excluding hydrogens is 226 g/mol. The summed E-state index contributed by atoms with van der Waals surface area (Å²) in [7, 11) is 0. The van der Waals surface area contributed by atoms with Crippen molar-refractivity contribution >= 4 is 16.5 Å². The molecule has 3 nitrogen and oxygen atoms in total. The van der Waals surface area contributed by atoms with Gasteiger partial charge in [-0.2, -0.15) is 0 Å². The van der Waals surface area contributed by atoms with Crippen LogP contribution in [-0.4, -0.2) is 24.3 Å². The molecule has 1 aromatic heterocycles. The van der Waals surface area contributed by atoms with Crippen molar-refractivity contribution in [3.05, 3.63) is 42.7 Å². The molecule has 0 spiro atoms. The van der Waals surface area contributed by atoms with Crippen LogP contribution in [0.5, 0.6) is 0 Å². The maximum atomic E-state index is 9.10. The summed E-state index contributed by atoms with van der Waals surface area (Å²) in [6.07, 6.45) is 2.36. The minimum Gasteiger partial charge on any atom is -0.464 e. The van der Waals surface area contributed by atoms with Gasteiger partial charge in [-0.25, -0.2) is 0 Å². The standard InChI is InChI=1S/C15H19NO2/c1-3-16-14(6-8-17)11(2)13-5-4-12-7-9-18-15(12)10-13/h4-5,7,9-10,14,16-17H,2-3,6,8H2,1H3. The lowest BCUT2D eigenvalue weighted by atomic mass is 9.97. The summed E-state index contributed by atoms with van der Waals surface area (Å²) in [5.41, 5.74) is 2.91. The van der Waals surface area contributed by atoms with Crippen LogP contribution in [0.15, 0.2) is 41.5 Å². The Bertz CT molecular complexity index is 524. The lowest BCUT2D eigenvalue weighted by Gasteiger charge is -2.19. The first-order valence-corrected chi connectivity index (χ1v) is 6.27. The Hall–Kier alpha value is -1.58. The molecule has 0 aliphatic heterocycles. The van der Waals surface area contributed by atoms with Crippen LogP contribution in [0.3, 0.4) is 0 Å². The molecule has 0 radical (unpaired) electrons. The second-order valence-corrected chi connectivity index (χ2v) is 4.32. The first-order valence-electron chi connectivity index (χ1n) is 6.27. The molecule has 0 amide bonds. The Balaban J connectivity index is 2.24. The molecule has 18 heavy (non-hydrogen) atoms. The van der Waals surface area contributed by atoms with E-state index in [2.05, 4.69) is 11.9 Å². The Kier molecular flexibility index (Phi) is 4.18. The first kappa shape index (κ1) is 12.9. The minimum atomic E-state index is 0.104. The highest BCUT2D eigenvalue weighted by atomic mass is 16.3. The van der Waals surface area contributed by atoms with Crippen molar-refractivity contribution in [2.45, 2.75) is 19.4 Å². The fourth-order valence-electron chi connectivity index (χ4n) is 2.13. The van der Waals surface area contributed by atoms with Gasteiger partial charge in [-0.3, -0.25) is 0 Å². The Morgan fingerprint density at radius 1 is 1.44 bits per heavy atom. The highest BCUT2D eigenvalue weighted by molar-refractivity contribution is 5.82. The third kappa shape index (κ3) is 2.63. The van der Waals surface area contributed by atoms with E-state index in [4.69, 9.17) is 9.52 Å². The zero-order chi connectivity index (χ0) is 13.0. The van der Waals surface area contributed by atoms with E-state index in [9.17, 15) is 0 Å². The van der Waals surface area contributed by atoms with Gasteiger partial charge in [0, 0.05) is 18.0 Å². The zero-order valence-corrected chi connectivity index (χ0v) is 10.6. The molecule has 96 valence electrons. The van der Waals surface area contributed by atoms with Crippen molar-refractivity contribution in [3.8, 4) is 0 Å². The molecule has 0 aliphatic rings.